The standard InChI is InChI=1S/C23H32N2O3/c1-3-17-12-23(27)20-10-16-6-7-18(28-2)11-19(16)22(23,13-21(26)24-17)8-9-25(20)14-15-4-5-15/h6-7,11,15,17,20,27H,3-5,8-10,12-14H2,1-2H3,(H,24,26). The molecule has 2 saturated heterocycles. The van der Waals surface area contributed by atoms with Gasteiger partial charge in [-0.1, -0.05) is 13.0 Å². The van der Waals surface area contributed by atoms with Gasteiger partial charge in [0.15, 0.2) is 0 Å². The predicted octanol–water partition coefficient (Wildman–Crippen LogP) is 2.39. The monoisotopic (exact) mass is 384 g/mol. The third-order valence-electron chi connectivity index (χ3n) is 7.96. The number of nitrogens with one attached hydrogen (secondary N) is 1. The minimum atomic E-state index is -0.890. The van der Waals surface area contributed by atoms with Gasteiger partial charge in [-0.15, -0.1) is 0 Å². The number of ether oxygens (including phenoxy) is 1. The van der Waals surface area contributed by atoms with Crippen molar-refractivity contribution in [3.05, 3.63) is 29.3 Å². The summed E-state index contributed by atoms with van der Waals surface area (Å²) in [5.74, 6) is 1.68. The van der Waals surface area contributed by atoms with E-state index in [9.17, 15) is 9.90 Å². The number of hydrogen-bond acceptors (Lipinski definition) is 4. The van der Waals surface area contributed by atoms with E-state index in [-0.39, 0.29) is 18.0 Å². The molecule has 2 aliphatic carbocycles. The number of likely N-dealkylation sites (tertiary alicyclic amines) is 1. The molecule has 1 aromatic carbocycles. The molecule has 28 heavy (non-hydrogen) atoms. The molecular formula is C23H32N2O3. The predicted molar refractivity (Wildman–Crippen MR) is 107 cm³/mol. The number of methoxy groups -OCH3 is 1. The molecule has 5 rings (SSSR count). The van der Waals surface area contributed by atoms with E-state index in [1.807, 2.05) is 6.07 Å². The lowest BCUT2D eigenvalue weighted by Crippen LogP contribution is -2.72. The highest BCUT2D eigenvalue weighted by molar-refractivity contribution is 5.79. The minimum absolute atomic E-state index is 0.0370. The topological polar surface area (TPSA) is 61.8 Å². The molecule has 0 aromatic heterocycles. The van der Waals surface area contributed by atoms with E-state index in [2.05, 4.69) is 29.3 Å². The summed E-state index contributed by atoms with van der Waals surface area (Å²) in [7, 11) is 1.68. The molecule has 2 heterocycles. The quantitative estimate of drug-likeness (QED) is 0.837. The molecule has 4 unspecified atom stereocenters. The zero-order valence-electron chi connectivity index (χ0n) is 17.0. The van der Waals surface area contributed by atoms with Crippen molar-refractivity contribution < 1.29 is 14.6 Å². The lowest BCUT2D eigenvalue weighted by molar-refractivity contribution is -0.155. The maximum Gasteiger partial charge on any atom is 0.221 e. The Morgan fingerprint density at radius 3 is 2.89 bits per heavy atom. The Kier molecular flexibility index (Phi) is 4.25. The molecule has 2 N–H and O–H groups in total. The number of hydrogen-bond donors (Lipinski definition) is 2. The summed E-state index contributed by atoms with van der Waals surface area (Å²) < 4.78 is 5.52. The van der Waals surface area contributed by atoms with Crippen molar-refractivity contribution in [3.8, 4) is 5.75 Å². The van der Waals surface area contributed by atoms with Crippen LogP contribution in [0.1, 0.15) is 56.6 Å². The van der Waals surface area contributed by atoms with E-state index < -0.39 is 11.0 Å². The molecule has 0 spiro atoms. The van der Waals surface area contributed by atoms with Crippen molar-refractivity contribution in [1.29, 1.82) is 0 Å². The fourth-order valence-corrected chi connectivity index (χ4v) is 6.25. The van der Waals surface area contributed by atoms with Crippen molar-refractivity contribution in [3.63, 3.8) is 0 Å². The van der Waals surface area contributed by atoms with Gasteiger partial charge in [-0.25, -0.2) is 0 Å². The SMILES string of the molecule is CCC1CC2(O)C3Cc4ccc(OC)cc4C2(CCN3CC2CC2)CC(=O)N1. The van der Waals surface area contributed by atoms with Crippen LogP contribution in [0.2, 0.25) is 0 Å². The number of carbonyl (C=O) groups excluding carboxylic acids is 1. The molecule has 1 aromatic rings. The number of piperidine rings is 1. The molecule has 2 bridgehead atoms. The van der Waals surface area contributed by atoms with Gasteiger partial charge in [-0.05, 0) is 74.2 Å². The van der Waals surface area contributed by atoms with Crippen molar-refractivity contribution in [2.24, 2.45) is 5.92 Å². The van der Waals surface area contributed by atoms with Crippen LogP contribution in [-0.2, 0) is 16.6 Å². The summed E-state index contributed by atoms with van der Waals surface area (Å²) in [6, 6.07) is 6.39. The Bertz CT molecular complexity index is 792. The molecule has 1 amide bonds. The molecule has 0 radical (unpaired) electrons. The Balaban J connectivity index is 1.66. The first-order valence-electron chi connectivity index (χ1n) is 10.9. The van der Waals surface area contributed by atoms with Crippen LogP contribution in [0.4, 0.5) is 0 Å². The summed E-state index contributed by atoms with van der Waals surface area (Å²) in [6.07, 6.45) is 6.18. The Morgan fingerprint density at radius 2 is 2.18 bits per heavy atom. The molecule has 3 fully saturated rings. The van der Waals surface area contributed by atoms with Gasteiger partial charge in [0.25, 0.3) is 0 Å². The number of carbonyl (C=O) groups is 1. The highest BCUT2D eigenvalue weighted by Gasteiger charge is 2.64. The van der Waals surface area contributed by atoms with E-state index in [4.69, 9.17) is 4.74 Å². The van der Waals surface area contributed by atoms with Crippen LogP contribution in [0.15, 0.2) is 18.2 Å². The zero-order valence-corrected chi connectivity index (χ0v) is 17.0. The molecule has 4 aliphatic rings. The van der Waals surface area contributed by atoms with Gasteiger partial charge in [0, 0.05) is 30.5 Å². The van der Waals surface area contributed by atoms with Gasteiger partial charge in [0.2, 0.25) is 5.91 Å². The second-order valence-electron chi connectivity index (χ2n) is 9.49. The number of aliphatic hydroxyl groups is 1. The van der Waals surface area contributed by atoms with Gasteiger partial charge < -0.3 is 15.2 Å². The van der Waals surface area contributed by atoms with Gasteiger partial charge in [-0.3, -0.25) is 9.69 Å². The number of benzene rings is 1. The first-order chi connectivity index (χ1) is 13.5. The van der Waals surface area contributed by atoms with E-state index >= 15 is 0 Å². The Labute approximate surface area is 167 Å². The fourth-order valence-electron chi connectivity index (χ4n) is 6.25. The largest absolute Gasteiger partial charge is 0.497 e. The summed E-state index contributed by atoms with van der Waals surface area (Å²) in [5, 5.41) is 15.6. The van der Waals surface area contributed by atoms with Crippen LogP contribution in [0.25, 0.3) is 0 Å². The molecule has 4 atom stereocenters. The number of amides is 1. The number of nitrogens with zero attached hydrogens (tertiary/aromatic N) is 1. The van der Waals surface area contributed by atoms with Crippen molar-refractivity contribution in [2.75, 3.05) is 20.2 Å². The normalized spacial score (nSPS) is 37.5. The van der Waals surface area contributed by atoms with Gasteiger partial charge in [0.05, 0.1) is 12.7 Å². The van der Waals surface area contributed by atoms with Crippen LogP contribution < -0.4 is 10.1 Å². The molecular weight excluding hydrogens is 352 g/mol. The highest BCUT2D eigenvalue weighted by Crippen LogP contribution is 2.57. The summed E-state index contributed by atoms with van der Waals surface area (Å²) in [6.45, 7) is 4.15. The van der Waals surface area contributed by atoms with Gasteiger partial charge >= 0.3 is 0 Å². The zero-order chi connectivity index (χ0) is 19.5. The Morgan fingerprint density at radius 1 is 1.36 bits per heavy atom. The van der Waals surface area contributed by atoms with E-state index in [1.54, 1.807) is 7.11 Å². The van der Waals surface area contributed by atoms with E-state index in [0.29, 0.717) is 12.8 Å². The maximum absolute atomic E-state index is 12.9. The van der Waals surface area contributed by atoms with Gasteiger partial charge in [-0.2, -0.15) is 0 Å². The van der Waals surface area contributed by atoms with Crippen LogP contribution in [0.5, 0.6) is 5.75 Å². The fraction of sp³-hybridized carbons (Fsp3) is 0.696. The van der Waals surface area contributed by atoms with E-state index in [1.165, 1.54) is 18.4 Å². The van der Waals surface area contributed by atoms with Crippen LogP contribution in [0.3, 0.4) is 0 Å². The highest BCUT2D eigenvalue weighted by atomic mass is 16.5. The van der Waals surface area contributed by atoms with E-state index in [0.717, 1.165) is 49.6 Å². The van der Waals surface area contributed by atoms with Crippen molar-refractivity contribution in [1.82, 2.24) is 10.2 Å². The number of fused-ring (bicyclic) bond motifs is 1. The molecule has 5 nitrogen and oxygen atoms in total. The van der Waals surface area contributed by atoms with Crippen LogP contribution in [0, 0.1) is 5.92 Å². The average Bonchev–Trinajstić information content (AvgIpc) is 3.50. The third kappa shape index (κ3) is 2.62. The average molecular weight is 385 g/mol. The van der Waals surface area contributed by atoms with Crippen LogP contribution >= 0.6 is 0 Å². The Hall–Kier alpha value is -1.59. The first-order valence-corrected chi connectivity index (χ1v) is 10.9. The first kappa shape index (κ1) is 18.4. The van der Waals surface area contributed by atoms with Crippen molar-refractivity contribution in [2.45, 2.75) is 75.0 Å². The van der Waals surface area contributed by atoms with Crippen LogP contribution in [-0.4, -0.2) is 53.8 Å². The second-order valence-corrected chi connectivity index (χ2v) is 9.49. The summed E-state index contributed by atoms with van der Waals surface area (Å²) in [5.41, 5.74) is 1.01. The number of rotatable bonds is 4. The molecule has 1 saturated carbocycles. The molecule has 2 aliphatic heterocycles. The third-order valence-corrected chi connectivity index (χ3v) is 7.96. The smallest absolute Gasteiger partial charge is 0.221 e. The lowest BCUT2D eigenvalue weighted by atomic mass is 9.52. The molecule has 5 heteroatoms. The minimum Gasteiger partial charge on any atom is -0.497 e. The molecule has 152 valence electrons. The van der Waals surface area contributed by atoms with Gasteiger partial charge in [0.1, 0.15) is 5.75 Å². The van der Waals surface area contributed by atoms with Crippen molar-refractivity contribution >= 4 is 5.91 Å². The summed E-state index contributed by atoms with van der Waals surface area (Å²) >= 11 is 0. The lowest BCUT2D eigenvalue weighted by Gasteiger charge is -2.61. The summed E-state index contributed by atoms with van der Waals surface area (Å²) in [4.78, 5) is 15.5. The maximum atomic E-state index is 12.9. The second kappa shape index (κ2) is 6.46.